The number of aliphatic hydroxyl groups excluding tert-OH is 1. The van der Waals surface area contributed by atoms with Crippen LogP contribution in [0.3, 0.4) is 0 Å². The molecule has 0 heterocycles. The van der Waals surface area contributed by atoms with Crippen LogP contribution in [0.2, 0.25) is 0 Å². The molecule has 0 saturated carbocycles. The van der Waals surface area contributed by atoms with Crippen LogP contribution in [0.5, 0.6) is 11.5 Å². The lowest BCUT2D eigenvalue weighted by atomic mass is 10.2. The molecule has 2 aromatic carbocycles. The van der Waals surface area contributed by atoms with Gasteiger partial charge in [-0.05, 0) is 42.3 Å². The summed E-state index contributed by atoms with van der Waals surface area (Å²) in [7, 11) is 1.59. The number of benzene rings is 2. The van der Waals surface area contributed by atoms with Crippen LogP contribution < -0.4 is 27.2 Å². The summed E-state index contributed by atoms with van der Waals surface area (Å²) in [6.45, 7) is 3.25. The van der Waals surface area contributed by atoms with Gasteiger partial charge in [-0.2, -0.15) is 0 Å². The van der Waals surface area contributed by atoms with Crippen molar-refractivity contribution >= 4 is 0 Å². The molecule has 0 amide bonds. The molecular formula is C18H22ClFNO3-. The maximum atomic E-state index is 12.9. The van der Waals surface area contributed by atoms with Crippen molar-refractivity contribution in [3.05, 3.63) is 59.4 Å². The summed E-state index contributed by atoms with van der Waals surface area (Å²) in [6, 6.07) is 11.9. The Morgan fingerprint density at radius 2 is 1.75 bits per heavy atom. The molecular weight excluding hydrogens is 333 g/mol. The smallest absolute Gasteiger partial charge is 0.161 e. The molecule has 2 aromatic rings. The molecule has 2 rings (SSSR count). The first-order valence-corrected chi connectivity index (χ1v) is 7.51. The first-order chi connectivity index (χ1) is 11.1. The summed E-state index contributed by atoms with van der Waals surface area (Å²) in [5, 5.41) is 12.4. The second kappa shape index (κ2) is 10.1. The average molecular weight is 355 g/mol. The van der Waals surface area contributed by atoms with E-state index >= 15 is 0 Å². The summed E-state index contributed by atoms with van der Waals surface area (Å²) in [6.07, 6.45) is -0.379. The molecule has 0 saturated heterocycles. The lowest BCUT2D eigenvalue weighted by molar-refractivity contribution is -0.00000815. The van der Waals surface area contributed by atoms with Gasteiger partial charge in [-0.3, -0.25) is 0 Å². The molecule has 0 bridgehead atoms. The molecule has 1 unspecified atom stereocenters. The summed E-state index contributed by atoms with van der Waals surface area (Å²) < 4.78 is 24.0. The highest BCUT2D eigenvalue weighted by Crippen LogP contribution is 2.28. The zero-order chi connectivity index (χ0) is 16.7. The molecule has 0 fully saturated rings. The van der Waals surface area contributed by atoms with Crippen molar-refractivity contribution in [2.24, 2.45) is 0 Å². The molecule has 1 atom stereocenters. The van der Waals surface area contributed by atoms with Gasteiger partial charge in [-0.15, -0.1) is 0 Å². The Hall–Kier alpha value is -1.82. The van der Waals surface area contributed by atoms with Crippen LogP contribution in [0.25, 0.3) is 0 Å². The van der Waals surface area contributed by atoms with Crippen molar-refractivity contribution in [2.45, 2.75) is 26.2 Å². The molecule has 0 aliphatic carbocycles. The molecule has 6 heteroatoms. The third-order valence-electron chi connectivity index (χ3n) is 3.30. The van der Waals surface area contributed by atoms with Crippen molar-refractivity contribution in [2.75, 3.05) is 13.7 Å². The zero-order valence-corrected chi connectivity index (χ0v) is 14.5. The first kappa shape index (κ1) is 20.2. The van der Waals surface area contributed by atoms with Crippen molar-refractivity contribution in [1.82, 2.24) is 5.32 Å². The molecule has 132 valence electrons. The summed E-state index contributed by atoms with van der Waals surface area (Å²) in [5.74, 6) is 1.01. The van der Waals surface area contributed by atoms with Crippen LogP contribution in [0, 0.1) is 5.82 Å². The van der Waals surface area contributed by atoms with Gasteiger partial charge in [0.25, 0.3) is 0 Å². The third-order valence-corrected chi connectivity index (χ3v) is 3.30. The maximum absolute atomic E-state index is 12.9. The fourth-order valence-corrected chi connectivity index (χ4v) is 2.11. The standard InChI is InChI=1S/C18H22FNO3.ClH/c1-13(21)10-20-11-15-5-8-17(18(9-15)22-2)23-12-14-3-6-16(19)7-4-14;/h3-9,13,20-21H,10-12H2,1-2H3;1H/p-1. The number of ether oxygens (including phenoxy) is 2. The van der Waals surface area contributed by atoms with Crippen molar-refractivity contribution in [1.29, 1.82) is 0 Å². The highest BCUT2D eigenvalue weighted by atomic mass is 35.5. The van der Waals surface area contributed by atoms with Crippen LogP contribution in [0.4, 0.5) is 4.39 Å². The van der Waals surface area contributed by atoms with Gasteiger partial charge >= 0.3 is 0 Å². The van der Waals surface area contributed by atoms with E-state index in [4.69, 9.17) is 9.47 Å². The van der Waals surface area contributed by atoms with E-state index in [-0.39, 0.29) is 24.3 Å². The highest BCUT2D eigenvalue weighted by Gasteiger charge is 2.07. The summed E-state index contributed by atoms with van der Waals surface area (Å²) >= 11 is 0. The van der Waals surface area contributed by atoms with E-state index < -0.39 is 0 Å². The second-order valence-corrected chi connectivity index (χ2v) is 5.38. The quantitative estimate of drug-likeness (QED) is 0.694. The number of hydrogen-bond donors (Lipinski definition) is 2. The molecule has 0 radical (unpaired) electrons. The topological polar surface area (TPSA) is 50.7 Å². The fourth-order valence-electron chi connectivity index (χ4n) is 2.11. The van der Waals surface area contributed by atoms with E-state index in [1.165, 1.54) is 12.1 Å². The molecule has 2 N–H and O–H groups in total. The van der Waals surface area contributed by atoms with Gasteiger partial charge in [-0.1, -0.05) is 18.2 Å². The van der Waals surface area contributed by atoms with E-state index in [2.05, 4.69) is 5.32 Å². The van der Waals surface area contributed by atoms with Gasteiger partial charge in [0.15, 0.2) is 11.5 Å². The van der Waals surface area contributed by atoms with Gasteiger partial charge < -0.3 is 32.3 Å². The SMILES string of the molecule is COc1cc(CNCC(C)O)ccc1OCc1ccc(F)cc1.[Cl-]. The maximum Gasteiger partial charge on any atom is 0.161 e. The monoisotopic (exact) mass is 354 g/mol. The van der Waals surface area contributed by atoms with Gasteiger partial charge in [0, 0.05) is 13.1 Å². The molecule has 4 nitrogen and oxygen atoms in total. The Morgan fingerprint density at radius 1 is 1.08 bits per heavy atom. The Bertz CT molecular complexity index is 620. The van der Waals surface area contributed by atoms with Crippen molar-refractivity contribution in [3.8, 4) is 11.5 Å². The molecule has 24 heavy (non-hydrogen) atoms. The highest BCUT2D eigenvalue weighted by molar-refractivity contribution is 5.43. The fraction of sp³-hybridized carbons (Fsp3) is 0.333. The predicted octanol–water partition coefficient (Wildman–Crippen LogP) is -0.112. The summed E-state index contributed by atoms with van der Waals surface area (Å²) in [5.41, 5.74) is 1.92. The van der Waals surface area contributed by atoms with Crippen molar-refractivity contribution in [3.63, 3.8) is 0 Å². The van der Waals surface area contributed by atoms with E-state index in [1.807, 2.05) is 18.2 Å². The van der Waals surface area contributed by atoms with Crippen LogP contribution in [-0.4, -0.2) is 24.9 Å². The number of halogens is 2. The van der Waals surface area contributed by atoms with Gasteiger partial charge in [-0.25, -0.2) is 4.39 Å². The Kier molecular flexibility index (Phi) is 8.54. The van der Waals surface area contributed by atoms with E-state index in [0.29, 0.717) is 31.2 Å². The molecule has 0 aromatic heterocycles. The normalized spacial score (nSPS) is 11.5. The minimum Gasteiger partial charge on any atom is -1.00 e. The number of methoxy groups -OCH3 is 1. The van der Waals surface area contributed by atoms with Crippen LogP contribution in [-0.2, 0) is 13.2 Å². The number of hydrogen-bond acceptors (Lipinski definition) is 4. The van der Waals surface area contributed by atoms with Crippen LogP contribution >= 0.6 is 0 Å². The third kappa shape index (κ3) is 6.35. The van der Waals surface area contributed by atoms with E-state index in [9.17, 15) is 9.50 Å². The minimum absolute atomic E-state index is 0. The van der Waals surface area contributed by atoms with Crippen LogP contribution in [0.1, 0.15) is 18.1 Å². The molecule has 0 aliphatic heterocycles. The van der Waals surface area contributed by atoms with Gasteiger partial charge in [0.2, 0.25) is 0 Å². The minimum atomic E-state index is -0.379. The van der Waals surface area contributed by atoms with Crippen LogP contribution in [0.15, 0.2) is 42.5 Å². The van der Waals surface area contributed by atoms with E-state index in [1.54, 1.807) is 26.2 Å². The second-order valence-electron chi connectivity index (χ2n) is 5.38. The number of nitrogens with one attached hydrogen (secondary N) is 1. The number of aliphatic hydroxyl groups is 1. The van der Waals surface area contributed by atoms with Gasteiger partial charge in [0.05, 0.1) is 13.2 Å². The zero-order valence-electron chi connectivity index (χ0n) is 13.8. The number of rotatable bonds is 8. The molecule has 0 spiro atoms. The Morgan fingerprint density at radius 3 is 2.38 bits per heavy atom. The largest absolute Gasteiger partial charge is 1.00 e. The Labute approximate surface area is 148 Å². The van der Waals surface area contributed by atoms with Crippen molar-refractivity contribution < 1.29 is 31.4 Å². The predicted molar refractivity (Wildman–Crippen MR) is 87.1 cm³/mol. The molecule has 0 aliphatic rings. The van der Waals surface area contributed by atoms with E-state index in [0.717, 1.165) is 11.1 Å². The average Bonchev–Trinajstić information content (AvgIpc) is 2.54. The summed E-state index contributed by atoms with van der Waals surface area (Å²) in [4.78, 5) is 0. The lowest BCUT2D eigenvalue weighted by Crippen LogP contribution is -3.00. The van der Waals surface area contributed by atoms with Gasteiger partial charge in [0.1, 0.15) is 12.4 Å². The first-order valence-electron chi connectivity index (χ1n) is 7.51. The lowest BCUT2D eigenvalue weighted by Gasteiger charge is -2.13. The Balaban J connectivity index is 0.00000288.